The molecule has 1 fully saturated rings. The number of benzene rings is 8. The highest BCUT2D eigenvalue weighted by Gasteiger charge is 2.42. The summed E-state index contributed by atoms with van der Waals surface area (Å²) in [5.74, 6) is 0. The number of nitrogens with zero attached hydrogens (tertiary/aromatic N) is 1. The zero-order valence-corrected chi connectivity index (χ0v) is 25.6. The summed E-state index contributed by atoms with van der Waals surface area (Å²) in [5.41, 5.74) is 7.94. The molecule has 8 aromatic carbocycles. The molecule has 3 nitrogen and oxygen atoms in total. The van der Waals surface area contributed by atoms with Crippen molar-refractivity contribution in [1.29, 1.82) is 0 Å². The summed E-state index contributed by atoms with van der Waals surface area (Å²) in [6.45, 7) is 0. The smallest absolute Gasteiger partial charge is 0.136 e. The second kappa shape index (κ2) is 10.3. The maximum absolute atomic E-state index is 6.31. The summed E-state index contributed by atoms with van der Waals surface area (Å²) in [6.07, 6.45) is -0.0720. The van der Waals surface area contributed by atoms with E-state index >= 15 is 0 Å². The molecule has 2 atom stereocenters. The number of rotatable bonds is 4. The molecular formula is C44H30N2O. The van der Waals surface area contributed by atoms with Crippen LogP contribution in [0.25, 0.3) is 65.4 Å². The van der Waals surface area contributed by atoms with Crippen molar-refractivity contribution in [1.82, 2.24) is 5.32 Å². The van der Waals surface area contributed by atoms with Crippen LogP contribution in [0.4, 0.5) is 5.69 Å². The van der Waals surface area contributed by atoms with E-state index in [-0.39, 0.29) is 12.3 Å². The van der Waals surface area contributed by atoms with Crippen LogP contribution in [0.15, 0.2) is 168 Å². The molecular weight excluding hydrogens is 572 g/mol. The first-order chi connectivity index (χ1) is 23.3. The van der Waals surface area contributed by atoms with Gasteiger partial charge < -0.3 is 9.32 Å². The normalized spacial score (nSPS) is 16.4. The first-order valence-corrected chi connectivity index (χ1v) is 16.3. The van der Waals surface area contributed by atoms with Crippen molar-refractivity contribution in [3.05, 3.63) is 175 Å². The maximum atomic E-state index is 6.31. The van der Waals surface area contributed by atoms with Gasteiger partial charge in [-0.1, -0.05) is 133 Å². The van der Waals surface area contributed by atoms with E-state index < -0.39 is 0 Å². The molecule has 1 saturated heterocycles. The minimum absolute atomic E-state index is 0.0317. The summed E-state index contributed by atoms with van der Waals surface area (Å²) in [6, 6.07) is 58.9. The molecule has 0 saturated carbocycles. The Bertz CT molecular complexity index is 2640. The van der Waals surface area contributed by atoms with Gasteiger partial charge in [0.1, 0.15) is 23.5 Å². The number of nitrogens with one attached hydrogen (secondary N) is 1. The molecule has 0 amide bonds. The molecule has 0 radical (unpaired) electrons. The lowest BCUT2D eigenvalue weighted by molar-refractivity contribution is 0.280. The highest BCUT2D eigenvalue weighted by molar-refractivity contribution is 6.15. The van der Waals surface area contributed by atoms with E-state index in [0.717, 1.165) is 21.9 Å². The highest BCUT2D eigenvalue weighted by atomic mass is 16.3. The molecule has 1 aromatic heterocycles. The Morgan fingerprint density at radius 1 is 0.447 bits per heavy atom. The van der Waals surface area contributed by atoms with E-state index in [1.807, 2.05) is 6.07 Å². The van der Waals surface area contributed by atoms with Gasteiger partial charge in [0, 0.05) is 22.0 Å². The molecule has 0 aliphatic carbocycles. The molecule has 2 heterocycles. The number of anilines is 1. The van der Waals surface area contributed by atoms with Crippen LogP contribution < -0.4 is 10.2 Å². The Morgan fingerprint density at radius 3 is 2.02 bits per heavy atom. The number of fused-ring (bicyclic) bond motifs is 7. The van der Waals surface area contributed by atoms with E-state index in [9.17, 15) is 0 Å². The maximum Gasteiger partial charge on any atom is 0.136 e. The third kappa shape index (κ3) is 3.97. The first kappa shape index (κ1) is 26.3. The number of furan rings is 1. The van der Waals surface area contributed by atoms with Gasteiger partial charge in [0.25, 0.3) is 0 Å². The number of para-hydroxylation sites is 2. The largest absolute Gasteiger partial charge is 0.456 e. The van der Waals surface area contributed by atoms with E-state index in [4.69, 9.17) is 4.42 Å². The fourth-order valence-electron chi connectivity index (χ4n) is 7.87. The fraction of sp³-hybridized carbons (Fsp3) is 0.0455. The Hall–Kier alpha value is -5.90. The Labute approximate surface area is 272 Å². The van der Waals surface area contributed by atoms with Crippen LogP contribution in [-0.4, -0.2) is 0 Å². The van der Waals surface area contributed by atoms with Crippen molar-refractivity contribution in [3.8, 4) is 11.1 Å². The van der Waals surface area contributed by atoms with Crippen LogP contribution in [0.5, 0.6) is 0 Å². The van der Waals surface area contributed by atoms with Crippen LogP contribution in [0.3, 0.4) is 0 Å². The van der Waals surface area contributed by atoms with Crippen molar-refractivity contribution < 1.29 is 4.42 Å². The van der Waals surface area contributed by atoms with Crippen molar-refractivity contribution in [2.75, 3.05) is 4.90 Å². The second-order valence-corrected chi connectivity index (χ2v) is 12.5. The van der Waals surface area contributed by atoms with Crippen LogP contribution in [-0.2, 0) is 0 Å². The second-order valence-electron chi connectivity index (χ2n) is 12.5. The molecule has 47 heavy (non-hydrogen) atoms. The van der Waals surface area contributed by atoms with Crippen LogP contribution in [0, 0.1) is 0 Å². The van der Waals surface area contributed by atoms with Gasteiger partial charge in [-0.05, 0) is 79.3 Å². The number of hydrogen-bond acceptors (Lipinski definition) is 3. The van der Waals surface area contributed by atoms with E-state index in [1.165, 1.54) is 60.3 Å². The Balaban J connectivity index is 1.19. The Morgan fingerprint density at radius 2 is 1.13 bits per heavy atom. The van der Waals surface area contributed by atoms with Gasteiger partial charge in [0.2, 0.25) is 0 Å². The lowest BCUT2D eigenvalue weighted by atomic mass is 9.87. The molecule has 9 aromatic rings. The molecule has 0 spiro atoms. The van der Waals surface area contributed by atoms with Crippen LogP contribution in [0.1, 0.15) is 23.5 Å². The van der Waals surface area contributed by atoms with Gasteiger partial charge in [0.15, 0.2) is 0 Å². The average molecular weight is 603 g/mol. The monoisotopic (exact) mass is 602 g/mol. The third-order valence-electron chi connectivity index (χ3n) is 9.96. The molecule has 222 valence electrons. The molecule has 1 aliphatic rings. The SMILES string of the molecule is c1ccc(N2C(c3ccccc3-c3cccc4oc5ccccc5c34)NC2c2c3ccccc3cc3c2ccc2ccccc23)cc1. The van der Waals surface area contributed by atoms with E-state index in [0.29, 0.717) is 0 Å². The molecule has 3 heteroatoms. The first-order valence-electron chi connectivity index (χ1n) is 16.3. The fourth-order valence-corrected chi connectivity index (χ4v) is 7.87. The summed E-state index contributed by atoms with van der Waals surface area (Å²) in [5, 5.41) is 14.0. The molecule has 1 N–H and O–H groups in total. The predicted octanol–water partition coefficient (Wildman–Crippen LogP) is 11.5. The summed E-state index contributed by atoms with van der Waals surface area (Å²) in [4.78, 5) is 2.56. The molecule has 2 unspecified atom stereocenters. The molecule has 1 aliphatic heterocycles. The van der Waals surface area contributed by atoms with Gasteiger partial charge in [-0.15, -0.1) is 0 Å². The predicted molar refractivity (Wildman–Crippen MR) is 196 cm³/mol. The van der Waals surface area contributed by atoms with Gasteiger partial charge in [-0.2, -0.15) is 0 Å². The highest BCUT2D eigenvalue weighted by Crippen LogP contribution is 2.49. The molecule has 10 rings (SSSR count). The van der Waals surface area contributed by atoms with E-state index in [2.05, 4.69) is 168 Å². The lowest BCUT2D eigenvalue weighted by Crippen LogP contribution is -2.58. The summed E-state index contributed by atoms with van der Waals surface area (Å²) < 4.78 is 6.31. The minimum atomic E-state index is -0.0403. The van der Waals surface area contributed by atoms with Gasteiger partial charge >= 0.3 is 0 Å². The van der Waals surface area contributed by atoms with Crippen molar-refractivity contribution in [2.45, 2.75) is 12.3 Å². The van der Waals surface area contributed by atoms with E-state index in [1.54, 1.807) is 0 Å². The quantitative estimate of drug-likeness (QED) is 0.160. The van der Waals surface area contributed by atoms with Crippen molar-refractivity contribution >= 4 is 59.9 Å². The van der Waals surface area contributed by atoms with Crippen LogP contribution >= 0.6 is 0 Å². The third-order valence-corrected chi connectivity index (χ3v) is 9.96. The minimum Gasteiger partial charge on any atom is -0.456 e. The summed E-state index contributed by atoms with van der Waals surface area (Å²) in [7, 11) is 0. The van der Waals surface area contributed by atoms with Crippen molar-refractivity contribution in [3.63, 3.8) is 0 Å². The Kier molecular flexibility index (Phi) is 5.78. The topological polar surface area (TPSA) is 28.4 Å². The van der Waals surface area contributed by atoms with Gasteiger partial charge in [-0.3, -0.25) is 5.32 Å². The standard InChI is InChI=1S/C44H30N2O/c1-2-15-30(16-3-1)46-43(36-20-9-8-19-33(36)34-22-12-24-40-41(34)37-21-10-11-23-39(37)47-40)45-44(46)42-32-18-7-5-14-29(32)27-38-31-17-6-4-13-28(31)25-26-35(38)42/h1-27,43-45H. The van der Waals surface area contributed by atoms with Crippen LogP contribution in [0.2, 0.25) is 0 Å². The summed E-state index contributed by atoms with van der Waals surface area (Å²) >= 11 is 0. The van der Waals surface area contributed by atoms with Crippen molar-refractivity contribution in [2.24, 2.45) is 0 Å². The van der Waals surface area contributed by atoms with Gasteiger partial charge in [-0.25, -0.2) is 0 Å². The van der Waals surface area contributed by atoms with Gasteiger partial charge in [0.05, 0.1) is 0 Å². The lowest BCUT2D eigenvalue weighted by Gasteiger charge is -2.52. The average Bonchev–Trinajstić information content (AvgIpc) is 3.51. The zero-order valence-electron chi connectivity index (χ0n) is 25.6. The number of hydrogen-bond donors (Lipinski definition) is 1. The zero-order chi connectivity index (χ0) is 30.9. The molecule has 0 bridgehead atoms.